The number of ether oxygens (including phenoxy) is 1. The summed E-state index contributed by atoms with van der Waals surface area (Å²) in [6.07, 6.45) is 5.31. The summed E-state index contributed by atoms with van der Waals surface area (Å²) >= 11 is 0. The van der Waals surface area contributed by atoms with Crippen molar-refractivity contribution in [3.8, 4) is 5.75 Å². The predicted octanol–water partition coefficient (Wildman–Crippen LogP) is 3.01. The van der Waals surface area contributed by atoms with E-state index in [1.54, 1.807) is 7.05 Å². The van der Waals surface area contributed by atoms with Crippen LogP contribution in [0.4, 0.5) is 0 Å². The first kappa shape index (κ1) is 22.1. The molecule has 1 fully saturated rings. The second-order valence-electron chi connectivity index (χ2n) is 7.12. The molecule has 27 heavy (non-hydrogen) atoms. The monoisotopic (exact) mass is 397 g/mol. The third kappa shape index (κ3) is 6.75. The third-order valence-corrected chi connectivity index (χ3v) is 7.01. The Labute approximate surface area is 165 Å². The Hall–Kier alpha value is -1.15. The highest BCUT2D eigenvalue weighted by Gasteiger charge is 2.27. The molecule has 1 aliphatic rings. The predicted molar refractivity (Wildman–Crippen MR) is 110 cm³/mol. The Bertz CT molecular complexity index is 656. The van der Waals surface area contributed by atoms with Gasteiger partial charge in [-0.05, 0) is 32.0 Å². The van der Waals surface area contributed by atoms with Crippen molar-refractivity contribution in [1.82, 2.24) is 13.9 Å². The fourth-order valence-electron chi connectivity index (χ4n) is 3.53. The SMILES string of the molecule is CCN(CC)CCOc1ccccc1CNS(=O)(=O)N(C)C1CCCCC1. The molecular formula is C20H35N3O3S. The number of para-hydroxylation sites is 1. The minimum Gasteiger partial charge on any atom is -0.492 e. The lowest BCUT2D eigenvalue weighted by Crippen LogP contribution is -2.44. The second kappa shape index (κ2) is 11.0. The number of hydrogen-bond donors (Lipinski definition) is 1. The van der Waals surface area contributed by atoms with Crippen LogP contribution >= 0.6 is 0 Å². The molecule has 0 saturated heterocycles. The van der Waals surface area contributed by atoms with Crippen LogP contribution in [-0.4, -0.2) is 57.0 Å². The van der Waals surface area contributed by atoms with Crippen LogP contribution in [0, 0.1) is 0 Å². The molecule has 0 radical (unpaired) electrons. The van der Waals surface area contributed by atoms with Gasteiger partial charge in [0.2, 0.25) is 0 Å². The maximum absolute atomic E-state index is 12.7. The van der Waals surface area contributed by atoms with Gasteiger partial charge < -0.3 is 9.64 Å². The van der Waals surface area contributed by atoms with E-state index in [-0.39, 0.29) is 12.6 Å². The van der Waals surface area contributed by atoms with Gasteiger partial charge in [0.05, 0.1) is 0 Å². The summed E-state index contributed by atoms with van der Waals surface area (Å²) in [5, 5.41) is 0. The van der Waals surface area contributed by atoms with E-state index in [0.717, 1.165) is 56.6 Å². The van der Waals surface area contributed by atoms with Crippen molar-refractivity contribution in [3.63, 3.8) is 0 Å². The molecule has 1 N–H and O–H groups in total. The van der Waals surface area contributed by atoms with E-state index in [2.05, 4.69) is 23.5 Å². The Morgan fingerprint density at radius 3 is 2.44 bits per heavy atom. The van der Waals surface area contributed by atoms with Crippen LogP contribution in [0.15, 0.2) is 24.3 Å². The van der Waals surface area contributed by atoms with E-state index < -0.39 is 10.2 Å². The zero-order chi connectivity index (χ0) is 19.7. The molecular weight excluding hydrogens is 362 g/mol. The maximum atomic E-state index is 12.7. The van der Waals surface area contributed by atoms with Gasteiger partial charge in [-0.3, -0.25) is 0 Å². The molecule has 1 aromatic carbocycles. The normalized spacial score (nSPS) is 16.2. The lowest BCUT2D eigenvalue weighted by Gasteiger charge is -2.30. The number of nitrogens with one attached hydrogen (secondary N) is 1. The molecule has 0 unspecified atom stereocenters. The minimum absolute atomic E-state index is 0.108. The summed E-state index contributed by atoms with van der Waals surface area (Å²) in [7, 11) is -1.81. The molecule has 0 aliphatic heterocycles. The lowest BCUT2D eigenvalue weighted by atomic mass is 9.96. The topological polar surface area (TPSA) is 61.9 Å². The maximum Gasteiger partial charge on any atom is 0.279 e. The van der Waals surface area contributed by atoms with Crippen LogP contribution in [0.1, 0.15) is 51.5 Å². The fourth-order valence-corrected chi connectivity index (χ4v) is 4.67. The molecule has 1 aliphatic carbocycles. The van der Waals surface area contributed by atoms with E-state index in [9.17, 15) is 8.42 Å². The Balaban J connectivity index is 1.92. The summed E-state index contributed by atoms with van der Waals surface area (Å²) < 4.78 is 35.5. The number of nitrogens with zero attached hydrogens (tertiary/aromatic N) is 2. The largest absolute Gasteiger partial charge is 0.492 e. The first-order valence-corrected chi connectivity index (χ1v) is 11.6. The van der Waals surface area contributed by atoms with E-state index >= 15 is 0 Å². The van der Waals surface area contributed by atoms with Crippen LogP contribution < -0.4 is 9.46 Å². The van der Waals surface area contributed by atoms with Crippen molar-refractivity contribution in [2.45, 2.75) is 58.5 Å². The van der Waals surface area contributed by atoms with Gasteiger partial charge in [-0.2, -0.15) is 17.4 Å². The number of likely N-dealkylation sites (N-methyl/N-ethyl adjacent to an activating group) is 1. The zero-order valence-electron chi connectivity index (χ0n) is 17.0. The molecule has 154 valence electrons. The molecule has 0 spiro atoms. The van der Waals surface area contributed by atoms with Gasteiger partial charge >= 0.3 is 0 Å². The van der Waals surface area contributed by atoms with Crippen molar-refractivity contribution in [3.05, 3.63) is 29.8 Å². The summed E-state index contributed by atoms with van der Waals surface area (Å²) in [6, 6.07) is 7.74. The van der Waals surface area contributed by atoms with Crippen molar-refractivity contribution in [2.24, 2.45) is 0 Å². The molecule has 0 bridgehead atoms. The summed E-state index contributed by atoms with van der Waals surface area (Å²) in [5.74, 6) is 0.743. The number of benzene rings is 1. The number of rotatable bonds is 11. The molecule has 2 rings (SSSR count). The zero-order valence-corrected chi connectivity index (χ0v) is 17.8. The fraction of sp³-hybridized carbons (Fsp3) is 0.700. The Morgan fingerprint density at radius 1 is 1.11 bits per heavy atom. The summed E-state index contributed by atoms with van der Waals surface area (Å²) in [4.78, 5) is 2.30. The van der Waals surface area contributed by atoms with Gasteiger partial charge in [0.1, 0.15) is 12.4 Å². The van der Waals surface area contributed by atoms with Crippen molar-refractivity contribution >= 4 is 10.2 Å². The highest BCUT2D eigenvalue weighted by Crippen LogP contribution is 2.23. The van der Waals surface area contributed by atoms with Crippen molar-refractivity contribution < 1.29 is 13.2 Å². The third-order valence-electron chi connectivity index (χ3n) is 5.45. The minimum atomic E-state index is -3.50. The van der Waals surface area contributed by atoms with Crippen molar-refractivity contribution in [1.29, 1.82) is 0 Å². The molecule has 0 amide bonds. The van der Waals surface area contributed by atoms with Gasteiger partial charge in [0.15, 0.2) is 0 Å². The molecule has 7 heteroatoms. The second-order valence-corrected chi connectivity index (χ2v) is 8.93. The summed E-state index contributed by atoms with van der Waals surface area (Å²) in [5.41, 5.74) is 0.859. The molecule has 0 atom stereocenters. The van der Waals surface area contributed by atoms with Crippen LogP contribution in [0.5, 0.6) is 5.75 Å². The molecule has 6 nitrogen and oxygen atoms in total. The van der Waals surface area contributed by atoms with Crippen LogP contribution in [0.3, 0.4) is 0 Å². The van der Waals surface area contributed by atoms with Gasteiger partial charge in [0, 0.05) is 31.7 Å². The molecule has 0 heterocycles. The van der Waals surface area contributed by atoms with Crippen LogP contribution in [-0.2, 0) is 16.8 Å². The van der Waals surface area contributed by atoms with Crippen LogP contribution in [0.25, 0.3) is 0 Å². The molecule has 0 aromatic heterocycles. The highest BCUT2D eigenvalue weighted by molar-refractivity contribution is 7.87. The molecule has 1 aromatic rings. The van der Waals surface area contributed by atoms with Crippen molar-refractivity contribution in [2.75, 3.05) is 33.3 Å². The smallest absolute Gasteiger partial charge is 0.279 e. The van der Waals surface area contributed by atoms with E-state index in [1.165, 1.54) is 10.7 Å². The van der Waals surface area contributed by atoms with E-state index in [4.69, 9.17) is 4.74 Å². The Morgan fingerprint density at radius 2 is 1.78 bits per heavy atom. The van der Waals surface area contributed by atoms with Gasteiger partial charge in [-0.25, -0.2) is 0 Å². The quantitative estimate of drug-likeness (QED) is 0.623. The standard InChI is InChI=1S/C20H35N3O3S/c1-4-23(5-2)15-16-26-20-14-10-9-11-18(20)17-21-27(24,25)22(3)19-12-7-6-8-13-19/h9-11,14,19,21H,4-8,12-13,15-17H2,1-3H3. The Kier molecular flexibility index (Phi) is 9.02. The summed E-state index contributed by atoms with van der Waals surface area (Å²) in [6.45, 7) is 7.94. The van der Waals surface area contributed by atoms with Gasteiger partial charge in [-0.15, -0.1) is 0 Å². The number of hydrogen-bond acceptors (Lipinski definition) is 4. The molecule has 1 saturated carbocycles. The first-order valence-electron chi connectivity index (χ1n) is 10.1. The highest BCUT2D eigenvalue weighted by atomic mass is 32.2. The lowest BCUT2D eigenvalue weighted by molar-refractivity contribution is 0.221. The van der Waals surface area contributed by atoms with Crippen LogP contribution in [0.2, 0.25) is 0 Å². The van der Waals surface area contributed by atoms with E-state index in [1.807, 2.05) is 24.3 Å². The average molecular weight is 398 g/mol. The average Bonchev–Trinajstić information content (AvgIpc) is 2.70. The van der Waals surface area contributed by atoms with Gasteiger partial charge in [-0.1, -0.05) is 51.3 Å². The van der Waals surface area contributed by atoms with E-state index in [0.29, 0.717) is 6.61 Å². The first-order chi connectivity index (χ1) is 13.0. The van der Waals surface area contributed by atoms with Gasteiger partial charge in [0.25, 0.3) is 10.2 Å².